The SMILES string of the molecule is Cc1cc(CNC(C)C)nc(C2(C)CCCO2)n1. The normalized spacial score (nSPS) is 23.8. The average Bonchev–Trinajstić information content (AvgIpc) is 2.74. The summed E-state index contributed by atoms with van der Waals surface area (Å²) in [5.74, 6) is 0.834. The number of nitrogens with one attached hydrogen (secondary N) is 1. The van der Waals surface area contributed by atoms with E-state index in [1.807, 2.05) is 13.0 Å². The van der Waals surface area contributed by atoms with Crippen LogP contribution >= 0.6 is 0 Å². The average molecular weight is 249 g/mol. The summed E-state index contributed by atoms with van der Waals surface area (Å²) in [5.41, 5.74) is 1.76. The van der Waals surface area contributed by atoms with E-state index in [2.05, 4.69) is 36.1 Å². The molecule has 0 saturated carbocycles. The molecule has 0 aliphatic carbocycles. The zero-order valence-electron chi connectivity index (χ0n) is 11.8. The molecule has 0 radical (unpaired) electrons. The fraction of sp³-hybridized carbons (Fsp3) is 0.714. The van der Waals surface area contributed by atoms with E-state index in [4.69, 9.17) is 4.74 Å². The zero-order valence-corrected chi connectivity index (χ0v) is 11.8. The van der Waals surface area contributed by atoms with Crippen LogP contribution in [0.15, 0.2) is 6.07 Å². The second kappa shape index (κ2) is 5.33. The van der Waals surface area contributed by atoms with Crippen LogP contribution in [-0.4, -0.2) is 22.6 Å². The molecule has 1 aliphatic heterocycles. The van der Waals surface area contributed by atoms with Crippen LogP contribution in [0.25, 0.3) is 0 Å². The van der Waals surface area contributed by atoms with Gasteiger partial charge in [0, 0.05) is 24.9 Å². The van der Waals surface area contributed by atoms with Crippen molar-refractivity contribution in [2.24, 2.45) is 0 Å². The number of hydrogen-bond acceptors (Lipinski definition) is 4. The molecule has 1 aromatic heterocycles. The lowest BCUT2D eigenvalue weighted by Crippen LogP contribution is -2.27. The molecule has 1 aromatic rings. The van der Waals surface area contributed by atoms with Crippen molar-refractivity contribution in [3.8, 4) is 0 Å². The van der Waals surface area contributed by atoms with Crippen LogP contribution in [0.4, 0.5) is 0 Å². The molecule has 4 heteroatoms. The van der Waals surface area contributed by atoms with Crippen LogP contribution in [0.5, 0.6) is 0 Å². The van der Waals surface area contributed by atoms with Gasteiger partial charge in [0.2, 0.25) is 0 Å². The first kappa shape index (κ1) is 13.4. The molecule has 0 spiro atoms. The molecule has 1 unspecified atom stereocenters. The summed E-state index contributed by atoms with van der Waals surface area (Å²) in [5, 5.41) is 3.39. The minimum absolute atomic E-state index is 0.293. The second-order valence-corrected chi connectivity index (χ2v) is 5.54. The first-order valence-corrected chi connectivity index (χ1v) is 6.72. The number of rotatable bonds is 4. The Bertz CT molecular complexity index is 412. The Morgan fingerprint density at radius 1 is 1.44 bits per heavy atom. The van der Waals surface area contributed by atoms with Crippen molar-refractivity contribution in [3.63, 3.8) is 0 Å². The highest BCUT2D eigenvalue weighted by Gasteiger charge is 2.35. The van der Waals surface area contributed by atoms with Gasteiger partial charge in [-0.05, 0) is 32.8 Å². The Morgan fingerprint density at radius 3 is 2.83 bits per heavy atom. The van der Waals surface area contributed by atoms with Crippen molar-refractivity contribution < 1.29 is 4.74 Å². The maximum atomic E-state index is 5.82. The number of aryl methyl sites for hydroxylation is 1. The summed E-state index contributed by atoms with van der Waals surface area (Å²) < 4.78 is 5.82. The molecule has 2 heterocycles. The van der Waals surface area contributed by atoms with Gasteiger partial charge in [-0.1, -0.05) is 13.8 Å². The highest BCUT2D eigenvalue weighted by atomic mass is 16.5. The van der Waals surface area contributed by atoms with Crippen LogP contribution in [0.1, 0.15) is 50.8 Å². The van der Waals surface area contributed by atoms with E-state index < -0.39 is 0 Å². The fourth-order valence-corrected chi connectivity index (χ4v) is 2.22. The smallest absolute Gasteiger partial charge is 0.160 e. The van der Waals surface area contributed by atoms with Gasteiger partial charge in [-0.25, -0.2) is 9.97 Å². The van der Waals surface area contributed by atoms with Crippen molar-refractivity contribution in [2.75, 3.05) is 6.61 Å². The highest BCUT2D eigenvalue weighted by Crippen LogP contribution is 2.33. The molecule has 1 saturated heterocycles. The second-order valence-electron chi connectivity index (χ2n) is 5.54. The number of nitrogens with zero attached hydrogens (tertiary/aromatic N) is 2. The van der Waals surface area contributed by atoms with Gasteiger partial charge in [0.15, 0.2) is 5.82 Å². The maximum absolute atomic E-state index is 5.82. The van der Waals surface area contributed by atoms with Crippen molar-refractivity contribution in [3.05, 3.63) is 23.3 Å². The molecule has 0 aromatic carbocycles. The summed E-state index contributed by atoms with van der Waals surface area (Å²) in [6.07, 6.45) is 2.10. The minimum atomic E-state index is -0.293. The van der Waals surface area contributed by atoms with Crippen LogP contribution in [0.3, 0.4) is 0 Å². The Labute approximate surface area is 109 Å². The summed E-state index contributed by atoms with van der Waals surface area (Å²) in [6.45, 7) is 9.97. The molecular weight excluding hydrogens is 226 g/mol. The van der Waals surface area contributed by atoms with Crippen LogP contribution in [0, 0.1) is 6.92 Å². The van der Waals surface area contributed by atoms with Gasteiger partial charge in [0.1, 0.15) is 5.60 Å². The van der Waals surface area contributed by atoms with E-state index in [-0.39, 0.29) is 5.60 Å². The van der Waals surface area contributed by atoms with E-state index in [1.165, 1.54) is 0 Å². The van der Waals surface area contributed by atoms with Gasteiger partial charge in [-0.3, -0.25) is 0 Å². The van der Waals surface area contributed by atoms with Crippen LogP contribution in [0.2, 0.25) is 0 Å². The summed E-state index contributed by atoms with van der Waals surface area (Å²) in [7, 11) is 0. The lowest BCUT2D eigenvalue weighted by atomic mass is 10.0. The highest BCUT2D eigenvalue weighted by molar-refractivity contribution is 5.14. The first-order chi connectivity index (χ1) is 8.49. The molecule has 1 atom stereocenters. The van der Waals surface area contributed by atoms with Crippen LogP contribution in [-0.2, 0) is 16.9 Å². The molecule has 1 aliphatic rings. The standard InChI is InChI=1S/C14H23N3O/c1-10(2)15-9-12-8-11(3)16-13(17-12)14(4)6-5-7-18-14/h8,10,15H,5-7,9H2,1-4H3. The maximum Gasteiger partial charge on any atom is 0.160 e. The summed E-state index contributed by atoms with van der Waals surface area (Å²) >= 11 is 0. The van der Waals surface area contributed by atoms with Gasteiger partial charge in [0.25, 0.3) is 0 Å². The molecule has 100 valence electrons. The Balaban J connectivity index is 2.20. The van der Waals surface area contributed by atoms with E-state index in [1.54, 1.807) is 0 Å². The number of aromatic nitrogens is 2. The lowest BCUT2D eigenvalue weighted by Gasteiger charge is -2.22. The zero-order chi connectivity index (χ0) is 13.2. The Kier molecular flexibility index (Phi) is 3.97. The van der Waals surface area contributed by atoms with E-state index in [0.29, 0.717) is 6.04 Å². The van der Waals surface area contributed by atoms with E-state index in [9.17, 15) is 0 Å². The molecular formula is C14H23N3O. The lowest BCUT2D eigenvalue weighted by molar-refractivity contribution is 0.00900. The van der Waals surface area contributed by atoms with Gasteiger partial charge in [0.05, 0.1) is 5.69 Å². The predicted molar refractivity (Wildman–Crippen MR) is 71.3 cm³/mol. The molecule has 0 bridgehead atoms. The summed E-state index contributed by atoms with van der Waals surface area (Å²) in [6, 6.07) is 2.50. The quantitative estimate of drug-likeness (QED) is 0.889. The minimum Gasteiger partial charge on any atom is -0.367 e. The monoisotopic (exact) mass is 249 g/mol. The third-order valence-corrected chi connectivity index (χ3v) is 3.29. The molecule has 1 fully saturated rings. The first-order valence-electron chi connectivity index (χ1n) is 6.72. The van der Waals surface area contributed by atoms with Gasteiger partial charge in [-0.15, -0.1) is 0 Å². The Hall–Kier alpha value is -1.00. The van der Waals surface area contributed by atoms with E-state index >= 15 is 0 Å². The van der Waals surface area contributed by atoms with Crippen LogP contribution < -0.4 is 5.32 Å². The molecule has 0 amide bonds. The summed E-state index contributed by atoms with van der Waals surface area (Å²) in [4.78, 5) is 9.21. The van der Waals surface area contributed by atoms with E-state index in [0.717, 1.165) is 43.2 Å². The van der Waals surface area contributed by atoms with Gasteiger partial charge >= 0.3 is 0 Å². The number of hydrogen-bond donors (Lipinski definition) is 1. The molecule has 1 N–H and O–H groups in total. The van der Waals surface area contributed by atoms with Gasteiger partial charge < -0.3 is 10.1 Å². The van der Waals surface area contributed by atoms with Crippen molar-refractivity contribution in [1.82, 2.24) is 15.3 Å². The molecule has 18 heavy (non-hydrogen) atoms. The molecule has 2 rings (SSSR count). The van der Waals surface area contributed by atoms with Crippen molar-refractivity contribution >= 4 is 0 Å². The predicted octanol–water partition coefficient (Wildman–Crippen LogP) is 2.31. The molecule has 4 nitrogen and oxygen atoms in total. The third kappa shape index (κ3) is 3.06. The van der Waals surface area contributed by atoms with Gasteiger partial charge in [-0.2, -0.15) is 0 Å². The topological polar surface area (TPSA) is 47.0 Å². The Morgan fingerprint density at radius 2 is 2.22 bits per heavy atom. The van der Waals surface area contributed by atoms with Crippen molar-refractivity contribution in [1.29, 1.82) is 0 Å². The largest absolute Gasteiger partial charge is 0.367 e. The third-order valence-electron chi connectivity index (χ3n) is 3.29. The number of ether oxygens (including phenoxy) is 1. The van der Waals surface area contributed by atoms with Crippen molar-refractivity contribution in [2.45, 2.75) is 58.7 Å². The fourth-order valence-electron chi connectivity index (χ4n) is 2.22.